The van der Waals surface area contributed by atoms with Gasteiger partial charge in [0.15, 0.2) is 0 Å². The van der Waals surface area contributed by atoms with Gasteiger partial charge in [-0.3, -0.25) is 0 Å². The molecule has 0 aliphatic heterocycles. The van der Waals surface area contributed by atoms with Gasteiger partial charge in [0.05, 0.1) is 0 Å². The van der Waals surface area contributed by atoms with E-state index in [-0.39, 0.29) is 0 Å². The average Bonchev–Trinajstić information content (AvgIpc) is 2.73. The Kier molecular flexibility index (Phi) is 6.76. The first-order valence-corrected chi connectivity index (χ1v) is 10.3. The second-order valence-electron chi connectivity index (χ2n) is 7.52. The first-order chi connectivity index (χ1) is 13.6. The molecule has 3 aromatic carbocycles. The molecule has 0 spiro atoms. The molecule has 0 fully saturated rings. The van der Waals surface area contributed by atoms with Crippen LogP contribution < -0.4 is 9.80 Å². The fourth-order valence-electron chi connectivity index (χ4n) is 3.47. The standard InChI is InChI=1S/C26H32N2/c1-5-27(25-15-7-21(3)8-16-25)19-23-11-13-24(14-12-23)20-28(6-2)26-17-9-22(4)10-18-26/h7-18H,5-6,19-20H2,1-4H3. The summed E-state index contributed by atoms with van der Waals surface area (Å²) in [5, 5.41) is 0. The molecule has 3 aromatic rings. The Morgan fingerprint density at radius 3 is 1.11 bits per heavy atom. The van der Waals surface area contributed by atoms with E-state index in [1.807, 2.05) is 0 Å². The number of nitrogens with zero attached hydrogens (tertiary/aromatic N) is 2. The van der Waals surface area contributed by atoms with Crippen LogP contribution in [0, 0.1) is 13.8 Å². The molecule has 2 nitrogen and oxygen atoms in total. The van der Waals surface area contributed by atoms with Gasteiger partial charge in [0, 0.05) is 37.6 Å². The molecule has 0 saturated heterocycles. The van der Waals surface area contributed by atoms with Gasteiger partial charge >= 0.3 is 0 Å². The topological polar surface area (TPSA) is 6.48 Å². The molecular formula is C26H32N2. The summed E-state index contributed by atoms with van der Waals surface area (Å²) >= 11 is 0. The average molecular weight is 373 g/mol. The summed E-state index contributed by atoms with van der Waals surface area (Å²) in [6.45, 7) is 12.6. The molecular weight excluding hydrogens is 340 g/mol. The molecule has 0 bridgehead atoms. The van der Waals surface area contributed by atoms with Gasteiger partial charge in [-0.25, -0.2) is 0 Å². The third-order valence-corrected chi connectivity index (χ3v) is 5.33. The van der Waals surface area contributed by atoms with E-state index in [1.165, 1.54) is 33.6 Å². The maximum atomic E-state index is 2.42. The van der Waals surface area contributed by atoms with Gasteiger partial charge in [0.2, 0.25) is 0 Å². The Morgan fingerprint density at radius 1 is 0.500 bits per heavy atom. The SMILES string of the molecule is CCN(Cc1ccc(CN(CC)c2ccc(C)cc2)cc1)c1ccc(C)cc1. The lowest BCUT2D eigenvalue weighted by Crippen LogP contribution is -2.23. The Labute approximate surface area is 170 Å². The van der Waals surface area contributed by atoms with Crippen molar-refractivity contribution in [1.82, 2.24) is 0 Å². The minimum Gasteiger partial charge on any atom is -0.367 e. The van der Waals surface area contributed by atoms with E-state index in [9.17, 15) is 0 Å². The van der Waals surface area contributed by atoms with Gasteiger partial charge in [-0.2, -0.15) is 0 Å². The Bertz CT molecular complexity index is 774. The maximum absolute atomic E-state index is 2.42. The summed E-state index contributed by atoms with van der Waals surface area (Å²) in [7, 11) is 0. The van der Waals surface area contributed by atoms with Gasteiger partial charge in [0.25, 0.3) is 0 Å². The van der Waals surface area contributed by atoms with E-state index < -0.39 is 0 Å². The number of aryl methyl sites for hydroxylation is 2. The van der Waals surface area contributed by atoms with Crippen molar-refractivity contribution in [1.29, 1.82) is 0 Å². The monoisotopic (exact) mass is 372 g/mol. The summed E-state index contributed by atoms with van der Waals surface area (Å²) in [5.74, 6) is 0. The third-order valence-electron chi connectivity index (χ3n) is 5.33. The van der Waals surface area contributed by atoms with Gasteiger partial charge in [0.1, 0.15) is 0 Å². The van der Waals surface area contributed by atoms with Crippen molar-refractivity contribution in [3.05, 3.63) is 95.1 Å². The second kappa shape index (κ2) is 9.45. The molecule has 0 radical (unpaired) electrons. The molecule has 0 heterocycles. The quantitative estimate of drug-likeness (QED) is 0.454. The van der Waals surface area contributed by atoms with E-state index in [4.69, 9.17) is 0 Å². The molecule has 0 unspecified atom stereocenters. The zero-order valence-electron chi connectivity index (χ0n) is 17.7. The summed E-state index contributed by atoms with van der Waals surface area (Å²) in [6.07, 6.45) is 0. The van der Waals surface area contributed by atoms with Crippen LogP contribution >= 0.6 is 0 Å². The van der Waals surface area contributed by atoms with Crippen LogP contribution in [0.1, 0.15) is 36.1 Å². The van der Waals surface area contributed by atoms with Crippen LogP contribution in [0.25, 0.3) is 0 Å². The summed E-state index contributed by atoms with van der Waals surface area (Å²) in [4.78, 5) is 4.83. The van der Waals surface area contributed by atoms with Crippen LogP contribution in [0.15, 0.2) is 72.8 Å². The zero-order valence-corrected chi connectivity index (χ0v) is 17.7. The number of hydrogen-bond acceptors (Lipinski definition) is 2. The Balaban J connectivity index is 1.66. The van der Waals surface area contributed by atoms with Crippen LogP contribution in [0.4, 0.5) is 11.4 Å². The zero-order chi connectivity index (χ0) is 19.9. The third kappa shape index (κ3) is 5.16. The molecule has 0 N–H and O–H groups in total. The van der Waals surface area contributed by atoms with Gasteiger partial charge in [-0.15, -0.1) is 0 Å². The van der Waals surface area contributed by atoms with Crippen LogP contribution in [-0.2, 0) is 13.1 Å². The normalized spacial score (nSPS) is 10.7. The number of benzene rings is 3. The smallest absolute Gasteiger partial charge is 0.0429 e. The molecule has 0 aliphatic carbocycles. The van der Waals surface area contributed by atoms with Gasteiger partial charge in [-0.05, 0) is 63.1 Å². The Morgan fingerprint density at radius 2 is 0.821 bits per heavy atom. The van der Waals surface area contributed by atoms with E-state index >= 15 is 0 Å². The summed E-state index contributed by atoms with van der Waals surface area (Å²) in [5.41, 5.74) is 7.88. The second-order valence-corrected chi connectivity index (χ2v) is 7.52. The molecule has 0 amide bonds. The molecule has 28 heavy (non-hydrogen) atoms. The molecule has 0 saturated carbocycles. The molecule has 2 heteroatoms. The fourth-order valence-corrected chi connectivity index (χ4v) is 3.47. The highest BCUT2D eigenvalue weighted by Gasteiger charge is 2.08. The van der Waals surface area contributed by atoms with E-state index in [2.05, 4.69) is 110 Å². The largest absolute Gasteiger partial charge is 0.367 e. The molecule has 146 valence electrons. The molecule has 3 rings (SSSR count). The minimum atomic E-state index is 0.940. The van der Waals surface area contributed by atoms with Crippen molar-refractivity contribution in [3.63, 3.8) is 0 Å². The predicted octanol–water partition coefficient (Wildman–Crippen LogP) is 6.36. The van der Waals surface area contributed by atoms with E-state index in [1.54, 1.807) is 0 Å². The molecule has 0 aromatic heterocycles. The fraction of sp³-hybridized carbons (Fsp3) is 0.308. The summed E-state index contributed by atoms with van der Waals surface area (Å²) in [6, 6.07) is 26.7. The van der Waals surface area contributed by atoms with Crippen molar-refractivity contribution in [2.24, 2.45) is 0 Å². The van der Waals surface area contributed by atoms with Gasteiger partial charge in [-0.1, -0.05) is 59.7 Å². The highest BCUT2D eigenvalue weighted by Crippen LogP contribution is 2.20. The number of anilines is 2. The number of rotatable bonds is 8. The van der Waals surface area contributed by atoms with Crippen LogP contribution in [-0.4, -0.2) is 13.1 Å². The van der Waals surface area contributed by atoms with Crippen molar-refractivity contribution in [2.45, 2.75) is 40.8 Å². The highest BCUT2D eigenvalue weighted by atomic mass is 15.1. The van der Waals surface area contributed by atoms with Crippen molar-refractivity contribution in [3.8, 4) is 0 Å². The van der Waals surface area contributed by atoms with E-state index in [0.717, 1.165) is 26.2 Å². The Hall–Kier alpha value is -2.74. The number of hydrogen-bond donors (Lipinski definition) is 0. The first kappa shape index (κ1) is 20.0. The van der Waals surface area contributed by atoms with Crippen LogP contribution in [0.2, 0.25) is 0 Å². The van der Waals surface area contributed by atoms with Crippen molar-refractivity contribution in [2.75, 3.05) is 22.9 Å². The highest BCUT2D eigenvalue weighted by molar-refractivity contribution is 5.49. The summed E-state index contributed by atoms with van der Waals surface area (Å²) < 4.78 is 0. The van der Waals surface area contributed by atoms with Crippen LogP contribution in [0.5, 0.6) is 0 Å². The molecule has 0 atom stereocenters. The minimum absolute atomic E-state index is 0.940. The lowest BCUT2D eigenvalue weighted by Gasteiger charge is -2.25. The lowest BCUT2D eigenvalue weighted by atomic mass is 10.1. The molecule has 0 aliphatic rings. The van der Waals surface area contributed by atoms with E-state index in [0.29, 0.717) is 0 Å². The maximum Gasteiger partial charge on any atom is 0.0429 e. The predicted molar refractivity (Wildman–Crippen MR) is 122 cm³/mol. The van der Waals surface area contributed by atoms with Gasteiger partial charge < -0.3 is 9.80 Å². The van der Waals surface area contributed by atoms with Crippen molar-refractivity contribution < 1.29 is 0 Å². The van der Waals surface area contributed by atoms with Crippen LogP contribution in [0.3, 0.4) is 0 Å². The van der Waals surface area contributed by atoms with Crippen molar-refractivity contribution >= 4 is 11.4 Å². The lowest BCUT2D eigenvalue weighted by molar-refractivity contribution is 0.821. The first-order valence-electron chi connectivity index (χ1n) is 10.3.